The highest BCUT2D eigenvalue weighted by molar-refractivity contribution is 5.04. The van der Waals surface area contributed by atoms with E-state index < -0.39 is 0 Å². The van der Waals surface area contributed by atoms with E-state index in [4.69, 9.17) is 10.5 Å². The fourth-order valence-corrected chi connectivity index (χ4v) is 2.11. The lowest BCUT2D eigenvalue weighted by Gasteiger charge is -2.16. The van der Waals surface area contributed by atoms with Gasteiger partial charge in [0.25, 0.3) is 0 Å². The minimum atomic E-state index is 0.0825. The summed E-state index contributed by atoms with van der Waals surface area (Å²) in [4.78, 5) is 4.22. The van der Waals surface area contributed by atoms with Crippen molar-refractivity contribution in [2.45, 2.75) is 53.1 Å². The Hall–Kier alpha value is -0.870. The van der Waals surface area contributed by atoms with Gasteiger partial charge in [0.2, 0.25) is 0 Å². The van der Waals surface area contributed by atoms with Crippen molar-refractivity contribution in [3.63, 3.8) is 0 Å². The van der Waals surface area contributed by atoms with Gasteiger partial charge in [0.15, 0.2) is 0 Å². The molecule has 2 N–H and O–H groups in total. The van der Waals surface area contributed by atoms with Gasteiger partial charge in [-0.05, 0) is 24.7 Å². The smallest absolute Gasteiger partial charge is 0.0948 e. The summed E-state index contributed by atoms with van der Waals surface area (Å²) in [6.07, 6.45) is 5.76. The molecular formula is C15H29N3O. The molecule has 4 heteroatoms. The van der Waals surface area contributed by atoms with Crippen LogP contribution in [0.5, 0.6) is 0 Å². The summed E-state index contributed by atoms with van der Waals surface area (Å²) in [6, 6.07) is 0.0825. The highest BCUT2D eigenvalue weighted by Gasteiger charge is 2.12. The number of hydrogen-bond acceptors (Lipinski definition) is 3. The normalized spacial score (nSPS) is 13.4. The monoisotopic (exact) mass is 267 g/mol. The first-order valence-corrected chi connectivity index (χ1v) is 7.34. The molecule has 0 amide bonds. The van der Waals surface area contributed by atoms with Crippen LogP contribution in [-0.4, -0.2) is 22.8 Å². The van der Waals surface area contributed by atoms with Crippen molar-refractivity contribution in [2.75, 3.05) is 13.2 Å². The van der Waals surface area contributed by atoms with Crippen molar-refractivity contribution in [3.8, 4) is 0 Å². The predicted molar refractivity (Wildman–Crippen MR) is 78.9 cm³/mol. The van der Waals surface area contributed by atoms with E-state index in [0.29, 0.717) is 11.8 Å². The minimum absolute atomic E-state index is 0.0825. The maximum atomic E-state index is 6.22. The van der Waals surface area contributed by atoms with Gasteiger partial charge in [-0.3, -0.25) is 0 Å². The van der Waals surface area contributed by atoms with Crippen LogP contribution < -0.4 is 5.73 Å². The molecule has 0 spiro atoms. The summed E-state index contributed by atoms with van der Waals surface area (Å²) in [5, 5.41) is 0. The van der Waals surface area contributed by atoms with Crippen LogP contribution in [0, 0.1) is 11.8 Å². The maximum absolute atomic E-state index is 6.22. The molecule has 0 aliphatic rings. The quantitative estimate of drug-likeness (QED) is 0.700. The molecule has 1 aromatic rings. The van der Waals surface area contributed by atoms with Crippen LogP contribution in [0.2, 0.25) is 0 Å². The lowest BCUT2D eigenvalue weighted by molar-refractivity contribution is 0.105. The summed E-state index contributed by atoms with van der Waals surface area (Å²) >= 11 is 0. The number of imidazole rings is 1. The molecule has 1 unspecified atom stereocenters. The van der Waals surface area contributed by atoms with Crippen LogP contribution in [0.25, 0.3) is 0 Å². The van der Waals surface area contributed by atoms with Crippen LogP contribution in [0.15, 0.2) is 12.5 Å². The Kier molecular flexibility index (Phi) is 7.10. The van der Waals surface area contributed by atoms with E-state index in [1.165, 1.54) is 0 Å². The molecule has 0 aromatic carbocycles. The molecule has 19 heavy (non-hydrogen) atoms. The summed E-state index contributed by atoms with van der Waals surface area (Å²) < 4.78 is 7.75. The topological polar surface area (TPSA) is 53.1 Å². The van der Waals surface area contributed by atoms with Crippen LogP contribution in [0.1, 0.15) is 52.3 Å². The van der Waals surface area contributed by atoms with E-state index in [9.17, 15) is 0 Å². The van der Waals surface area contributed by atoms with Crippen LogP contribution in [0.3, 0.4) is 0 Å². The van der Waals surface area contributed by atoms with E-state index in [1.807, 2.05) is 12.5 Å². The average Bonchev–Trinajstić information content (AvgIpc) is 2.75. The lowest BCUT2D eigenvalue weighted by atomic mass is 10.0. The summed E-state index contributed by atoms with van der Waals surface area (Å²) in [6.45, 7) is 11.3. The van der Waals surface area contributed by atoms with Gasteiger partial charge in [0.05, 0.1) is 12.0 Å². The number of rotatable bonds is 9. The second-order valence-electron chi connectivity index (χ2n) is 6.07. The standard InChI is InChI=1S/C15H29N3O/c1-12(2)8-14(16)15-9-17-11-18(15)6-5-7-19-10-13(3)4/h9,11-14H,5-8,10,16H2,1-4H3. The molecule has 0 aliphatic carbocycles. The first kappa shape index (κ1) is 16.2. The van der Waals surface area contributed by atoms with Gasteiger partial charge in [0.1, 0.15) is 0 Å². The Morgan fingerprint density at radius 2 is 2.00 bits per heavy atom. The van der Waals surface area contributed by atoms with Crippen molar-refractivity contribution in [1.29, 1.82) is 0 Å². The third kappa shape index (κ3) is 6.21. The molecule has 1 heterocycles. The molecule has 110 valence electrons. The maximum Gasteiger partial charge on any atom is 0.0948 e. The van der Waals surface area contributed by atoms with Crippen molar-refractivity contribution in [2.24, 2.45) is 17.6 Å². The highest BCUT2D eigenvalue weighted by atomic mass is 16.5. The first-order chi connectivity index (χ1) is 9.00. The van der Waals surface area contributed by atoms with E-state index in [2.05, 4.69) is 37.2 Å². The Bertz CT molecular complexity index is 347. The largest absolute Gasteiger partial charge is 0.381 e. The van der Waals surface area contributed by atoms with E-state index in [0.717, 1.165) is 38.3 Å². The number of hydrogen-bond donors (Lipinski definition) is 1. The Morgan fingerprint density at radius 3 is 2.63 bits per heavy atom. The number of nitrogens with zero attached hydrogens (tertiary/aromatic N) is 2. The van der Waals surface area contributed by atoms with Gasteiger partial charge >= 0.3 is 0 Å². The van der Waals surface area contributed by atoms with Crippen LogP contribution in [0.4, 0.5) is 0 Å². The minimum Gasteiger partial charge on any atom is -0.381 e. The summed E-state index contributed by atoms with van der Waals surface area (Å²) in [5.74, 6) is 1.20. The fraction of sp³-hybridized carbons (Fsp3) is 0.800. The molecule has 4 nitrogen and oxygen atoms in total. The van der Waals surface area contributed by atoms with Crippen LogP contribution in [-0.2, 0) is 11.3 Å². The van der Waals surface area contributed by atoms with E-state index in [-0.39, 0.29) is 6.04 Å². The molecule has 1 atom stereocenters. The summed E-state index contributed by atoms with van der Waals surface area (Å²) in [7, 11) is 0. The van der Waals surface area contributed by atoms with Gasteiger partial charge in [0, 0.05) is 32.0 Å². The number of aryl methyl sites for hydroxylation is 1. The Morgan fingerprint density at radius 1 is 1.26 bits per heavy atom. The van der Waals surface area contributed by atoms with Crippen molar-refractivity contribution >= 4 is 0 Å². The molecule has 0 saturated heterocycles. The zero-order chi connectivity index (χ0) is 14.3. The fourth-order valence-electron chi connectivity index (χ4n) is 2.11. The van der Waals surface area contributed by atoms with Gasteiger partial charge in [-0.2, -0.15) is 0 Å². The van der Waals surface area contributed by atoms with E-state index in [1.54, 1.807) is 0 Å². The third-order valence-corrected chi connectivity index (χ3v) is 2.99. The van der Waals surface area contributed by atoms with E-state index >= 15 is 0 Å². The SMILES string of the molecule is CC(C)COCCCn1cncc1C(N)CC(C)C. The predicted octanol–water partition coefficient (Wildman–Crippen LogP) is 2.99. The zero-order valence-corrected chi connectivity index (χ0v) is 12.8. The lowest BCUT2D eigenvalue weighted by Crippen LogP contribution is -2.17. The second kappa shape index (κ2) is 8.33. The third-order valence-electron chi connectivity index (χ3n) is 2.99. The summed E-state index contributed by atoms with van der Waals surface area (Å²) in [5.41, 5.74) is 7.36. The Labute approximate surface area is 117 Å². The van der Waals surface area contributed by atoms with Gasteiger partial charge < -0.3 is 15.0 Å². The average molecular weight is 267 g/mol. The molecule has 0 radical (unpaired) electrons. The van der Waals surface area contributed by atoms with Gasteiger partial charge in [-0.15, -0.1) is 0 Å². The Balaban J connectivity index is 2.36. The molecule has 0 fully saturated rings. The molecule has 0 bridgehead atoms. The van der Waals surface area contributed by atoms with Gasteiger partial charge in [-0.1, -0.05) is 27.7 Å². The first-order valence-electron chi connectivity index (χ1n) is 7.34. The number of aromatic nitrogens is 2. The molecule has 1 rings (SSSR count). The van der Waals surface area contributed by atoms with Crippen molar-refractivity contribution in [1.82, 2.24) is 9.55 Å². The van der Waals surface area contributed by atoms with Crippen LogP contribution >= 0.6 is 0 Å². The zero-order valence-electron chi connectivity index (χ0n) is 12.8. The molecular weight excluding hydrogens is 238 g/mol. The molecule has 0 aliphatic heterocycles. The molecule has 1 aromatic heterocycles. The number of nitrogens with two attached hydrogens (primary N) is 1. The van der Waals surface area contributed by atoms with Gasteiger partial charge in [-0.25, -0.2) is 4.98 Å². The van der Waals surface area contributed by atoms with Crippen molar-refractivity contribution in [3.05, 3.63) is 18.2 Å². The van der Waals surface area contributed by atoms with Crippen molar-refractivity contribution < 1.29 is 4.74 Å². The number of ether oxygens (including phenoxy) is 1. The second-order valence-corrected chi connectivity index (χ2v) is 6.07. The molecule has 0 saturated carbocycles. The highest BCUT2D eigenvalue weighted by Crippen LogP contribution is 2.18.